The average Bonchev–Trinajstić information content (AvgIpc) is 2.03. The molecule has 1 nitrogen and oxygen atoms in total. The van der Waals surface area contributed by atoms with Gasteiger partial charge in [-0.15, -0.1) is 0 Å². The van der Waals surface area contributed by atoms with Crippen LogP contribution >= 0.6 is 27.5 Å². The number of rotatable bonds is 2. The van der Waals surface area contributed by atoms with Gasteiger partial charge in [-0.05, 0) is 12.1 Å². The van der Waals surface area contributed by atoms with E-state index in [2.05, 4.69) is 15.9 Å². The van der Waals surface area contributed by atoms with Crippen LogP contribution in [0.3, 0.4) is 0 Å². The lowest BCUT2D eigenvalue weighted by atomic mass is 10.1. The van der Waals surface area contributed by atoms with Gasteiger partial charge in [-0.2, -0.15) is 0 Å². The standard InChI is InChI=1S/C8H7BrClFO/c9-4-8(12)6-2-1-5(11)3-7(6)10/h1-3,8,12H,4H2/t8-/m0/s1. The van der Waals surface area contributed by atoms with Crippen molar-refractivity contribution in [1.29, 1.82) is 0 Å². The summed E-state index contributed by atoms with van der Waals surface area (Å²) in [6, 6.07) is 3.93. The molecule has 4 heteroatoms. The highest BCUT2D eigenvalue weighted by Crippen LogP contribution is 2.24. The zero-order valence-corrected chi connectivity index (χ0v) is 8.44. The summed E-state index contributed by atoms with van der Waals surface area (Å²) < 4.78 is 12.5. The van der Waals surface area contributed by atoms with Crippen LogP contribution in [0.15, 0.2) is 18.2 Å². The molecule has 0 aliphatic rings. The summed E-state index contributed by atoms with van der Waals surface area (Å²) in [5.74, 6) is -0.398. The molecule has 0 aliphatic carbocycles. The van der Waals surface area contributed by atoms with Gasteiger partial charge in [0.05, 0.1) is 6.10 Å². The van der Waals surface area contributed by atoms with Gasteiger partial charge in [-0.3, -0.25) is 0 Å². The lowest BCUT2D eigenvalue weighted by Crippen LogP contribution is -1.99. The maximum Gasteiger partial charge on any atom is 0.124 e. The molecule has 12 heavy (non-hydrogen) atoms. The summed E-state index contributed by atoms with van der Waals surface area (Å²) in [5.41, 5.74) is 0.537. The Morgan fingerprint density at radius 2 is 2.25 bits per heavy atom. The Bertz CT molecular complexity index is 280. The molecule has 0 saturated carbocycles. The first kappa shape index (κ1) is 9.96. The summed E-state index contributed by atoms with van der Waals surface area (Å²) in [6.45, 7) is 0. The van der Waals surface area contributed by atoms with E-state index in [4.69, 9.17) is 11.6 Å². The van der Waals surface area contributed by atoms with Crippen LogP contribution in [0, 0.1) is 5.82 Å². The van der Waals surface area contributed by atoms with Gasteiger partial charge in [0.25, 0.3) is 0 Å². The third kappa shape index (κ3) is 2.19. The first-order valence-electron chi connectivity index (χ1n) is 3.34. The lowest BCUT2D eigenvalue weighted by molar-refractivity contribution is 0.205. The zero-order chi connectivity index (χ0) is 9.14. The highest BCUT2D eigenvalue weighted by molar-refractivity contribution is 9.09. The quantitative estimate of drug-likeness (QED) is 0.804. The van der Waals surface area contributed by atoms with E-state index in [1.165, 1.54) is 18.2 Å². The van der Waals surface area contributed by atoms with Crippen molar-refractivity contribution in [3.63, 3.8) is 0 Å². The Morgan fingerprint density at radius 3 is 2.75 bits per heavy atom. The molecule has 0 aliphatic heterocycles. The maximum atomic E-state index is 12.5. The maximum absolute atomic E-state index is 12.5. The normalized spacial score (nSPS) is 13.0. The van der Waals surface area contributed by atoms with E-state index in [1.807, 2.05) is 0 Å². The molecule has 0 bridgehead atoms. The minimum atomic E-state index is -0.682. The smallest absolute Gasteiger partial charge is 0.124 e. The summed E-state index contributed by atoms with van der Waals surface area (Å²) in [7, 11) is 0. The number of aliphatic hydroxyl groups excluding tert-OH is 1. The van der Waals surface area contributed by atoms with Crippen LogP contribution in [0.1, 0.15) is 11.7 Å². The summed E-state index contributed by atoms with van der Waals surface area (Å²) >= 11 is 8.78. The number of hydrogen-bond donors (Lipinski definition) is 1. The first-order valence-corrected chi connectivity index (χ1v) is 4.84. The Hall–Kier alpha value is -0.120. The molecule has 0 spiro atoms. The van der Waals surface area contributed by atoms with Crippen LogP contribution < -0.4 is 0 Å². The summed E-state index contributed by atoms with van der Waals surface area (Å²) in [5, 5.41) is 9.99. The number of halogens is 3. The van der Waals surface area contributed by atoms with E-state index >= 15 is 0 Å². The fourth-order valence-corrected chi connectivity index (χ4v) is 1.50. The number of alkyl halides is 1. The van der Waals surface area contributed by atoms with E-state index in [0.717, 1.165) is 0 Å². The molecular weight excluding hydrogens is 246 g/mol. The molecule has 0 unspecified atom stereocenters. The summed E-state index contributed by atoms with van der Waals surface area (Å²) in [6.07, 6.45) is -0.682. The van der Waals surface area contributed by atoms with Gasteiger partial charge >= 0.3 is 0 Å². The van der Waals surface area contributed by atoms with Crippen LogP contribution in [-0.2, 0) is 0 Å². The largest absolute Gasteiger partial charge is 0.387 e. The molecule has 0 heterocycles. The number of aliphatic hydroxyl groups is 1. The Balaban J connectivity index is 3.01. The fraction of sp³-hybridized carbons (Fsp3) is 0.250. The molecule has 1 atom stereocenters. The molecule has 1 aromatic rings. The SMILES string of the molecule is O[C@@H](CBr)c1ccc(F)cc1Cl. The molecular formula is C8H7BrClFO. The lowest BCUT2D eigenvalue weighted by Gasteiger charge is -2.08. The van der Waals surface area contributed by atoms with E-state index in [-0.39, 0.29) is 5.02 Å². The highest BCUT2D eigenvalue weighted by Gasteiger charge is 2.09. The van der Waals surface area contributed by atoms with E-state index in [1.54, 1.807) is 0 Å². The second-order valence-electron chi connectivity index (χ2n) is 2.34. The van der Waals surface area contributed by atoms with Crippen molar-refractivity contribution in [1.82, 2.24) is 0 Å². The van der Waals surface area contributed by atoms with Crippen molar-refractivity contribution >= 4 is 27.5 Å². The van der Waals surface area contributed by atoms with E-state index in [9.17, 15) is 9.50 Å². The van der Waals surface area contributed by atoms with Crippen molar-refractivity contribution in [2.45, 2.75) is 6.10 Å². The Kier molecular flexibility index (Phi) is 3.50. The average molecular weight is 253 g/mol. The van der Waals surface area contributed by atoms with Crippen LogP contribution in [0.2, 0.25) is 5.02 Å². The predicted molar refractivity (Wildman–Crippen MR) is 50.2 cm³/mol. The van der Waals surface area contributed by atoms with Crippen molar-refractivity contribution in [2.75, 3.05) is 5.33 Å². The van der Waals surface area contributed by atoms with Crippen molar-refractivity contribution < 1.29 is 9.50 Å². The van der Waals surface area contributed by atoms with Crippen LogP contribution in [-0.4, -0.2) is 10.4 Å². The molecule has 0 saturated heterocycles. The van der Waals surface area contributed by atoms with E-state index in [0.29, 0.717) is 10.9 Å². The van der Waals surface area contributed by atoms with Gasteiger partial charge in [0.1, 0.15) is 5.82 Å². The van der Waals surface area contributed by atoms with Gasteiger partial charge in [0.2, 0.25) is 0 Å². The monoisotopic (exact) mass is 252 g/mol. The first-order chi connectivity index (χ1) is 5.65. The van der Waals surface area contributed by atoms with Crippen LogP contribution in [0.25, 0.3) is 0 Å². The number of benzene rings is 1. The zero-order valence-electron chi connectivity index (χ0n) is 6.10. The fourth-order valence-electron chi connectivity index (χ4n) is 0.855. The van der Waals surface area contributed by atoms with E-state index < -0.39 is 11.9 Å². The number of hydrogen-bond acceptors (Lipinski definition) is 1. The van der Waals surface area contributed by atoms with Crippen molar-refractivity contribution in [3.8, 4) is 0 Å². The molecule has 0 fully saturated rings. The van der Waals surface area contributed by atoms with Gasteiger partial charge < -0.3 is 5.11 Å². The van der Waals surface area contributed by atoms with Crippen LogP contribution in [0.5, 0.6) is 0 Å². The van der Waals surface area contributed by atoms with Crippen molar-refractivity contribution in [2.24, 2.45) is 0 Å². The summed E-state index contributed by atoms with van der Waals surface area (Å²) in [4.78, 5) is 0. The molecule has 0 amide bonds. The Morgan fingerprint density at radius 1 is 1.58 bits per heavy atom. The molecule has 1 aromatic carbocycles. The molecule has 0 radical (unpaired) electrons. The van der Waals surface area contributed by atoms with Crippen LogP contribution in [0.4, 0.5) is 4.39 Å². The molecule has 1 N–H and O–H groups in total. The third-order valence-corrected chi connectivity index (χ3v) is 2.41. The second kappa shape index (κ2) is 4.21. The van der Waals surface area contributed by atoms with Gasteiger partial charge in [0, 0.05) is 15.9 Å². The van der Waals surface area contributed by atoms with Gasteiger partial charge in [0.15, 0.2) is 0 Å². The minimum Gasteiger partial charge on any atom is -0.387 e. The highest BCUT2D eigenvalue weighted by atomic mass is 79.9. The molecule has 66 valence electrons. The Labute approximate surface area is 83.3 Å². The van der Waals surface area contributed by atoms with Gasteiger partial charge in [-0.1, -0.05) is 33.6 Å². The molecule has 1 rings (SSSR count). The van der Waals surface area contributed by atoms with Gasteiger partial charge in [-0.25, -0.2) is 4.39 Å². The third-order valence-electron chi connectivity index (χ3n) is 1.47. The second-order valence-corrected chi connectivity index (χ2v) is 3.39. The molecule has 0 aromatic heterocycles. The van der Waals surface area contributed by atoms with Crippen molar-refractivity contribution in [3.05, 3.63) is 34.6 Å². The minimum absolute atomic E-state index is 0.252. The topological polar surface area (TPSA) is 20.2 Å². The predicted octanol–water partition coefficient (Wildman–Crippen LogP) is 2.91.